The standard InChI is InChI=1S/C19H28BFN2O3/c1-18(2)19(3,4)26-20(25-18)16(21)11-15-5-6-17(24)23(13-15)12-14-7-9-22-10-8-14/h5-6,11,13-14,22H,7-10,12H2,1-4H3. The Hall–Kier alpha value is -1.44. The molecule has 2 aliphatic heterocycles. The van der Waals surface area contributed by atoms with E-state index in [4.69, 9.17) is 9.31 Å². The minimum Gasteiger partial charge on any atom is -0.398 e. The van der Waals surface area contributed by atoms with Crippen LogP contribution in [0.25, 0.3) is 6.08 Å². The topological polar surface area (TPSA) is 52.5 Å². The van der Waals surface area contributed by atoms with E-state index in [1.807, 2.05) is 27.7 Å². The van der Waals surface area contributed by atoms with Crippen LogP contribution in [0.15, 0.2) is 28.9 Å². The summed E-state index contributed by atoms with van der Waals surface area (Å²) in [5.41, 5.74) is -1.09. The van der Waals surface area contributed by atoms with Gasteiger partial charge in [-0.25, -0.2) is 4.39 Å². The van der Waals surface area contributed by atoms with Crippen LogP contribution < -0.4 is 10.9 Å². The number of pyridine rings is 1. The molecule has 26 heavy (non-hydrogen) atoms. The van der Waals surface area contributed by atoms with Gasteiger partial charge in [0.25, 0.3) is 5.56 Å². The van der Waals surface area contributed by atoms with Crippen molar-refractivity contribution in [1.82, 2.24) is 9.88 Å². The number of hydrogen-bond acceptors (Lipinski definition) is 4. The quantitative estimate of drug-likeness (QED) is 0.837. The van der Waals surface area contributed by atoms with E-state index in [1.165, 1.54) is 12.1 Å². The molecule has 0 atom stereocenters. The van der Waals surface area contributed by atoms with Gasteiger partial charge in [0.1, 0.15) is 5.73 Å². The van der Waals surface area contributed by atoms with E-state index in [0.717, 1.165) is 25.9 Å². The number of aromatic nitrogens is 1. The van der Waals surface area contributed by atoms with Crippen molar-refractivity contribution in [3.05, 3.63) is 40.0 Å². The molecule has 1 aromatic rings. The average Bonchev–Trinajstić information content (AvgIpc) is 2.80. The van der Waals surface area contributed by atoms with E-state index < -0.39 is 24.0 Å². The maximum atomic E-state index is 14.7. The first-order valence-corrected chi connectivity index (χ1v) is 9.32. The van der Waals surface area contributed by atoms with Crippen LogP contribution in [-0.4, -0.2) is 36.0 Å². The van der Waals surface area contributed by atoms with Gasteiger partial charge in [0, 0.05) is 18.8 Å². The van der Waals surface area contributed by atoms with Gasteiger partial charge >= 0.3 is 7.12 Å². The van der Waals surface area contributed by atoms with Gasteiger partial charge in [-0.05, 0) is 77.2 Å². The van der Waals surface area contributed by atoms with Crippen molar-refractivity contribution in [2.75, 3.05) is 13.1 Å². The van der Waals surface area contributed by atoms with Crippen molar-refractivity contribution in [3.8, 4) is 0 Å². The molecule has 0 spiro atoms. The van der Waals surface area contributed by atoms with Gasteiger partial charge in [-0.3, -0.25) is 4.79 Å². The van der Waals surface area contributed by atoms with Gasteiger partial charge < -0.3 is 19.2 Å². The van der Waals surface area contributed by atoms with Crippen LogP contribution in [0.5, 0.6) is 0 Å². The summed E-state index contributed by atoms with van der Waals surface area (Å²) < 4.78 is 27.8. The predicted molar refractivity (Wildman–Crippen MR) is 101 cm³/mol. The fourth-order valence-corrected chi connectivity index (χ4v) is 3.30. The Labute approximate surface area is 154 Å². The third-order valence-corrected chi connectivity index (χ3v) is 5.70. The molecule has 1 aromatic heterocycles. The lowest BCUT2D eigenvalue weighted by atomic mass is 9.87. The van der Waals surface area contributed by atoms with Gasteiger partial charge in [-0.1, -0.05) is 0 Å². The second-order valence-corrected chi connectivity index (χ2v) is 8.26. The first-order valence-electron chi connectivity index (χ1n) is 9.32. The molecule has 0 radical (unpaired) electrons. The summed E-state index contributed by atoms with van der Waals surface area (Å²) in [6.45, 7) is 10.2. The summed E-state index contributed by atoms with van der Waals surface area (Å²) in [6.07, 6.45) is 5.21. The molecule has 0 unspecified atom stereocenters. The maximum absolute atomic E-state index is 14.7. The van der Waals surface area contributed by atoms with Gasteiger partial charge in [0.2, 0.25) is 0 Å². The molecular formula is C19H28BFN2O3. The first-order chi connectivity index (χ1) is 12.2. The van der Waals surface area contributed by atoms with Gasteiger partial charge in [0.15, 0.2) is 0 Å². The maximum Gasteiger partial charge on any atom is 0.525 e. The normalized spacial score (nSPS) is 23.4. The summed E-state index contributed by atoms with van der Waals surface area (Å²) in [5.74, 6) is 0.473. The molecule has 1 N–H and O–H groups in total. The zero-order valence-corrected chi connectivity index (χ0v) is 16.0. The van der Waals surface area contributed by atoms with Crippen LogP contribution in [0.4, 0.5) is 4.39 Å². The number of halogens is 1. The van der Waals surface area contributed by atoms with E-state index in [0.29, 0.717) is 18.0 Å². The van der Waals surface area contributed by atoms with Crippen molar-refractivity contribution in [2.24, 2.45) is 5.92 Å². The first kappa shape index (κ1) is 19.3. The lowest BCUT2D eigenvalue weighted by molar-refractivity contribution is 0.00578. The summed E-state index contributed by atoms with van der Waals surface area (Å²) in [5, 5.41) is 3.32. The van der Waals surface area contributed by atoms with Crippen LogP contribution in [0.1, 0.15) is 46.1 Å². The fourth-order valence-electron chi connectivity index (χ4n) is 3.30. The molecule has 7 heteroatoms. The monoisotopic (exact) mass is 362 g/mol. The molecule has 142 valence electrons. The number of nitrogens with one attached hydrogen (secondary N) is 1. The Bertz CT molecular complexity index is 723. The summed E-state index contributed by atoms with van der Waals surface area (Å²) in [7, 11) is -1.02. The minimum absolute atomic E-state index is 0.0586. The summed E-state index contributed by atoms with van der Waals surface area (Å²) in [4.78, 5) is 12.1. The van der Waals surface area contributed by atoms with Crippen molar-refractivity contribution in [1.29, 1.82) is 0 Å². The highest BCUT2D eigenvalue weighted by Gasteiger charge is 2.53. The highest BCUT2D eigenvalue weighted by molar-refractivity contribution is 6.54. The fraction of sp³-hybridized carbons (Fsp3) is 0.632. The molecular weight excluding hydrogens is 334 g/mol. The number of piperidine rings is 1. The van der Waals surface area contributed by atoms with E-state index in [1.54, 1.807) is 16.8 Å². The molecule has 3 heterocycles. The van der Waals surface area contributed by atoms with Crippen molar-refractivity contribution in [3.63, 3.8) is 0 Å². The molecule has 0 bridgehead atoms. The molecule has 2 fully saturated rings. The molecule has 0 aromatic carbocycles. The number of hydrogen-bond donors (Lipinski definition) is 1. The van der Waals surface area contributed by atoms with Crippen LogP contribution in [0, 0.1) is 5.92 Å². The van der Waals surface area contributed by atoms with E-state index in [9.17, 15) is 9.18 Å². The molecule has 2 aliphatic rings. The van der Waals surface area contributed by atoms with Crippen LogP contribution in [-0.2, 0) is 15.9 Å². The van der Waals surface area contributed by atoms with Crippen LogP contribution >= 0.6 is 0 Å². The smallest absolute Gasteiger partial charge is 0.398 e. The zero-order chi connectivity index (χ0) is 18.9. The molecule has 0 aliphatic carbocycles. The van der Waals surface area contributed by atoms with E-state index in [2.05, 4.69) is 5.32 Å². The SMILES string of the molecule is CC1(C)OB(C(F)=Cc2ccc(=O)n(CC3CCNCC3)c2)OC1(C)C. The summed E-state index contributed by atoms with van der Waals surface area (Å²) in [6, 6.07) is 3.12. The van der Waals surface area contributed by atoms with Crippen LogP contribution in [0.3, 0.4) is 0 Å². The second kappa shape index (κ2) is 7.29. The minimum atomic E-state index is -1.02. The Morgan fingerprint density at radius 2 is 1.88 bits per heavy atom. The van der Waals surface area contributed by atoms with Crippen molar-refractivity contribution >= 4 is 13.2 Å². The van der Waals surface area contributed by atoms with Crippen molar-refractivity contribution in [2.45, 2.75) is 58.3 Å². The Kier molecular flexibility index (Phi) is 5.42. The Morgan fingerprint density at radius 1 is 1.27 bits per heavy atom. The largest absolute Gasteiger partial charge is 0.525 e. The molecule has 3 rings (SSSR count). The third-order valence-electron chi connectivity index (χ3n) is 5.70. The molecule has 2 saturated heterocycles. The molecule has 0 amide bonds. The summed E-state index contributed by atoms with van der Waals surface area (Å²) >= 11 is 0. The number of nitrogens with zero attached hydrogens (tertiary/aromatic N) is 1. The molecule has 5 nitrogen and oxygen atoms in total. The van der Waals surface area contributed by atoms with E-state index in [-0.39, 0.29) is 5.56 Å². The molecule has 0 saturated carbocycles. The Balaban J connectivity index is 1.76. The zero-order valence-electron chi connectivity index (χ0n) is 16.0. The van der Waals surface area contributed by atoms with Gasteiger partial charge in [0.05, 0.1) is 11.2 Å². The third kappa shape index (κ3) is 4.10. The highest BCUT2D eigenvalue weighted by atomic mass is 19.1. The lowest BCUT2D eigenvalue weighted by Gasteiger charge is -2.32. The van der Waals surface area contributed by atoms with Crippen molar-refractivity contribution < 1.29 is 13.7 Å². The van der Waals surface area contributed by atoms with Gasteiger partial charge in [-0.2, -0.15) is 0 Å². The lowest BCUT2D eigenvalue weighted by Crippen LogP contribution is -2.41. The van der Waals surface area contributed by atoms with E-state index >= 15 is 0 Å². The van der Waals surface area contributed by atoms with Gasteiger partial charge in [-0.15, -0.1) is 0 Å². The van der Waals surface area contributed by atoms with Crippen LogP contribution in [0.2, 0.25) is 0 Å². The highest BCUT2D eigenvalue weighted by Crippen LogP contribution is 2.39. The predicted octanol–water partition coefficient (Wildman–Crippen LogP) is 2.79. The average molecular weight is 362 g/mol. The number of rotatable bonds is 4. The second-order valence-electron chi connectivity index (χ2n) is 8.26. The Morgan fingerprint density at radius 3 is 2.50 bits per heavy atom.